The molecular formula is C11H13N5O2S. The summed E-state index contributed by atoms with van der Waals surface area (Å²) in [5.74, 6) is -0.0370. The number of hydrogen-bond acceptors (Lipinski definition) is 6. The molecule has 0 aliphatic rings. The molecule has 2 aromatic heterocycles. The van der Waals surface area contributed by atoms with Gasteiger partial charge in [0.05, 0.1) is 24.1 Å². The SMILES string of the molecule is Cc1cnc(CNS(=O)(=O)c2cccnc2N)cn1. The summed E-state index contributed by atoms with van der Waals surface area (Å²) >= 11 is 0. The molecule has 0 atom stereocenters. The Morgan fingerprint density at radius 1 is 1.26 bits per heavy atom. The summed E-state index contributed by atoms with van der Waals surface area (Å²) in [6, 6.07) is 2.90. The number of nitrogens with two attached hydrogens (primary N) is 1. The molecule has 0 saturated carbocycles. The van der Waals surface area contributed by atoms with Gasteiger partial charge in [-0.3, -0.25) is 9.97 Å². The van der Waals surface area contributed by atoms with Gasteiger partial charge in [0.1, 0.15) is 10.7 Å². The van der Waals surface area contributed by atoms with Crippen LogP contribution in [0.15, 0.2) is 35.6 Å². The third-order valence-electron chi connectivity index (χ3n) is 2.37. The van der Waals surface area contributed by atoms with Crippen LogP contribution in [0, 0.1) is 6.92 Å². The number of aryl methyl sites for hydroxylation is 1. The first-order chi connectivity index (χ1) is 8.99. The fourth-order valence-corrected chi connectivity index (χ4v) is 2.47. The number of anilines is 1. The number of nitrogens with zero attached hydrogens (tertiary/aromatic N) is 3. The van der Waals surface area contributed by atoms with Crippen LogP contribution in [-0.4, -0.2) is 23.4 Å². The van der Waals surface area contributed by atoms with Crippen LogP contribution in [0.1, 0.15) is 11.4 Å². The maximum absolute atomic E-state index is 12.0. The van der Waals surface area contributed by atoms with Crippen molar-refractivity contribution in [3.05, 3.63) is 42.1 Å². The summed E-state index contributed by atoms with van der Waals surface area (Å²) < 4.78 is 26.4. The molecule has 0 aliphatic carbocycles. The van der Waals surface area contributed by atoms with E-state index in [4.69, 9.17) is 5.73 Å². The standard InChI is InChI=1S/C11H13N5O2S/c1-8-5-15-9(6-14-8)7-16-19(17,18)10-3-2-4-13-11(10)12/h2-6,16H,7H2,1H3,(H2,12,13). The van der Waals surface area contributed by atoms with Crippen LogP contribution < -0.4 is 10.5 Å². The van der Waals surface area contributed by atoms with Crippen molar-refractivity contribution in [3.63, 3.8) is 0 Å². The quantitative estimate of drug-likeness (QED) is 0.829. The van der Waals surface area contributed by atoms with Crippen molar-refractivity contribution in [2.45, 2.75) is 18.4 Å². The van der Waals surface area contributed by atoms with E-state index in [1.54, 1.807) is 13.1 Å². The highest BCUT2D eigenvalue weighted by atomic mass is 32.2. The van der Waals surface area contributed by atoms with Gasteiger partial charge in [-0.15, -0.1) is 0 Å². The summed E-state index contributed by atoms with van der Waals surface area (Å²) in [5.41, 5.74) is 6.83. The van der Waals surface area contributed by atoms with Gasteiger partial charge in [-0.05, 0) is 19.1 Å². The second kappa shape index (κ2) is 5.29. The number of nitrogen functional groups attached to an aromatic ring is 1. The third kappa shape index (κ3) is 3.24. The van der Waals surface area contributed by atoms with Gasteiger partial charge in [0.15, 0.2) is 0 Å². The Hall–Kier alpha value is -2.06. The van der Waals surface area contributed by atoms with Gasteiger partial charge < -0.3 is 5.73 Å². The van der Waals surface area contributed by atoms with E-state index in [-0.39, 0.29) is 17.3 Å². The maximum Gasteiger partial charge on any atom is 0.244 e. The molecule has 7 nitrogen and oxygen atoms in total. The molecule has 2 rings (SSSR count). The Morgan fingerprint density at radius 2 is 2.05 bits per heavy atom. The van der Waals surface area contributed by atoms with Crippen molar-refractivity contribution in [3.8, 4) is 0 Å². The highest BCUT2D eigenvalue weighted by Gasteiger charge is 2.17. The number of pyridine rings is 1. The lowest BCUT2D eigenvalue weighted by atomic mass is 10.4. The molecular weight excluding hydrogens is 266 g/mol. The van der Waals surface area contributed by atoms with Crippen molar-refractivity contribution in [2.24, 2.45) is 0 Å². The largest absolute Gasteiger partial charge is 0.383 e. The molecule has 100 valence electrons. The van der Waals surface area contributed by atoms with Crippen LogP contribution in [0.3, 0.4) is 0 Å². The number of nitrogens with one attached hydrogen (secondary N) is 1. The molecule has 0 saturated heterocycles. The van der Waals surface area contributed by atoms with E-state index in [2.05, 4.69) is 19.7 Å². The number of hydrogen-bond donors (Lipinski definition) is 2. The predicted molar refractivity (Wildman–Crippen MR) is 69.4 cm³/mol. The van der Waals surface area contributed by atoms with Crippen molar-refractivity contribution in [1.82, 2.24) is 19.7 Å². The van der Waals surface area contributed by atoms with Crippen molar-refractivity contribution in [2.75, 3.05) is 5.73 Å². The lowest BCUT2D eigenvalue weighted by Gasteiger charge is -2.07. The third-order valence-corrected chi connectivity index (χ3v) is 3.82. The van der Waals surface area contributed by atoms with E-state index >= 15 is 0 Å². The lowest BCUT2D eigenvalue weighted by Crippen LogP contribution is -2.25. The molecule has 3 N–H and O–H groups in total. The van der Waals surface area contributed by atoms with E-state index in [9.17, 15) is 8.42 Å². The zero-order valence-corrected chi connectivity index (χ0v) is 11.1. The molecule has 0 radical (unpaired) electrons. The normalized spacial score (nSPS) is 11.4. The predicted octanol–water partition coefficient (Wildman–Crippen LogP) is 0.241. The Balaban J connectivity index is 2.14. The monoisotopic (exact) mass is 279 g/mol. The average molecular weight is 279 g/mol. The molecule has 0 aromatic carbocycles. The highest BCUT2D eigenvalue weighted by Crippen LogP contribution is 2.14. The van der Waals surface area contributed by atoms with Crippen LogP contribution in [0.5, 0.6) is 0 Å². The minimum absolute atomic E-state index is 0.0370. The summed E-state index contributed by atoms with van der Waals surface area (Å²) in [7, 11) is -3.70. The van der Waals surface area contributed by atoms with E-state index in [0.717, 1.165) is 5.69 Å². The van der Waals surface area contributed by atoms with Crippen molar-refractivity contribution < 1.29 is 8.42 Å². The molecule has 0 amide bonds. The summed E-state index contributed by atoms with van der Waals surface area (Å²) in [6.45, 7) is 1.85. The first kappa shape index (κ1) is 13.4. The number of rotatable bonds is 4. The zero-order chi connectivity index (χ0) is 13.9. The molecule has 2 heterocycles. The second-order valence-corrected chi connectivity index (χ2v) is 5.60. The topological polar surface area (TPSA) is 111 Å². The maximum atomic E-state index is 12.0. The Morgan fingerprint density at radius 3 is 2.68 bits per heavy atom. The number of aromatic nitrogens is 3. The highest BCUT2D eigenvalue weighted by molar-refractivity contribution is 7.89. The first-order valence-electron chi connectivity index (χ1n) is 5.47. The molecule has 0 aliphatic heterocycles. The summed E-state index contributed by atoms with van der Waals surface area (Å²) in [6.07, 6.45) is 4.52. The zero-order valence-electron chi connectivity index (χ0n) is 10.2. The molecule has 0 unspecified atom stereocenters. The van der Waals surface area contributed by atoms with Crippen LogP contribution in [0.25, 0.3) is 0 Å². The molecule has 0 fully saturated rings. The van der Waals surface area contributed by atoms with Crippen LogP contribution in [0.4, 0.5) is 5.82 Å². The van der Waals surface area contributed by atoms with Gasteiger partial charge in [-0.2, -0.15) is 0 Å². The number of sulfonamides is 1. The summed E-state index contributed by atoms with van der Waals surface area (Å²) in [5, 5.41) is 0. The molecule has 0 spiro atoms. The van der Waals surface area contributed by atoms with Gasteiger partial charge in [-0.1, -0.05) is 0 Å². The molecule has 19 heavy (non-hydrogen) atoms. The van der Waals surface area contributed by atoms with Crippen molar-refractivity contribution in [1.29, 1.82) is 0 Å². The van der Waals surface area contributed by atoms with Gasteiger partial charge in [0, 0.05) is 12.4 Å². The van der Waals surface area contributed by atoms with E-state index in [0.29, 0.717) is 5.69 Å². The Kier molecular flexibility index (Phi) is 3.72. The smallest absolute Gasteiger partial charge is 0.244 e. The van der Waals surface area contributed by atoms with E-state index in [1.165, 1.54) is 24.5 Å². The molecule has 8 heteroatoms. The first-order valence-corrected chi connectivity index (χ1v) is 6.95. The molecule has 0 bridgehead atoms. The van der Waals surface area contributed by atoms with Gasteiger partial charge >= 0.3 is 0 Å². The lowest BCUT2D eigenvalue weighted by molar-refractivity contribution is 0.580. The van der Waals surface area contributed by atoms with E-state index < -0.39 is 10.0 Å². The minimum atomic E-state index is -3.70. The fourth-order valence-electron chi connectivity index (χ4n) is 1.39. The Bertz CT molecular complexity index is 670. The average Bonchev–Trinajstić information content (AvgIpc) is 2.38. The second-order valence-electron chi connectivity index (χ2n) is 3.86. The van der Waals surface area contributed by atoms with Gasteiger partial charge in [0.2, 0.25) is 10.0 Å². The van der Waals surface area contributed by atoms with E-state index in [1.807, 2.05) is 0 Å². The fraction of sp³-hybridized carbons (Fsp3) is 0.182. The van der Waals surface area contributed by atoms with Crippen LogP contribution in [-0.2, 0) is 16.6 Å². The minimum Gasteiger partial charge on any atom is -0.383 e. The van der Waals surface area contributed by atoms with Gasteiger partial charge in [-0.25, -0.2) is 18.1 Å². The van der Waals surface area contributed by atoms with Crippen LogP contribution >= 0.6 is 0 Å². The van der Waals surface area contributed by atoms with Crippen molar-refractivity contribution >= 4 is 15.8 Å². The van der Waals surface area contributed by atoms with Crippen LogP contribution in [0.2, 0.25) is 0 Å². The van der Waals surface area contributed by atoms with Gasteiger partial charge in [0.25, 0.3) is 0 Å². The molecule has 2 aromatic rings. The Labute approximate surface area is 111 Å². The summed E-state index contributed by atoms with van der Waals surface area (Å²) in [4.78, 5) is 11.8.